The van der Waals surface area contributed by atoms with E-state index in [1.54, 1.807) is 0 Å². The van der Waals surface area contributed by atoms with Gasteiger partial charge < -0.3 is 15.8 Å². The molecular formula is C20H29N3O5. The fraction of sp³-hybridized carbons (Fsp3) is 0.550. The zero-order valence-corrected chi connectivity index (χ0v) is 16.2. The van der Waals surface area contributed by atoms with E-state index in [1.807, 2.05) is 30.3 Å². The third-order valence-electron chi connectivity index (χ3n) is 4.87. The number of rotatable bonds is 10. The maximum Gasteiger partial charge on any atom is 0.244 e. The van der Waals surface area contributed by atoms with Gasteiger partial charge in [0.15, 0.2) is 6.29 Å². The van der Waals surface area contributed by atoms with E-state index in [0.717, 1.165) is 18.4 Å². The summed E-state index contributed by atoms with van der Waals surface area (Å²) in [6, 6.07) is 9.63. The summed E-state index contributed by atoms with van der Waals surface area (Å²) in [5.41, 5.74) is 8.89. The molecule has 0 saturated carbocycles. The third kappa shape index (κ3) is 6.94. The Labute approximate surface area is 165 Å². The van der Waals surface area contributed by atoms with Gasteiger partial charge in [-0.1, -0.05) is 30.3 Å². The Morgan fingerprint density at radius 1 is 1.21 bits per heavy atom. The Morgan fingerprint density at radius 2 is 1.96 bits per heavy atom. The summed E-state index contributed by atoms with van der Waals surface area (Å²) >= 11 is 0. The molecule has 1 aromatic rings. The first-order valence-corrected chi connectivity index (χ1v) is 9.62. The van der Waals surface area contributed by atoms with Crippen molar-refractivity contribution >= 4 is 17.7 Å². The molecule has 1 heterocycles. The minimum atomic E-state index is -0.931. The van der Waals surface area contributed by atoms with Crippen LogP contribution in [-0.4, -0.2) is 37.7 Å². The molecule has 2 rings (SSSR count). The van der Waals surface area contributed by atoms with Gasteiger partial charge in [0.1, 0.15) is 0 Å². The number of carbonyl (C=O) groups is 3. The van der Waals surface area contributed by atoms with Crippen LogP contribution >= 0.6 is 0 Å². The maximum atomic E-state index is 12.4. The van der Waals surface area contributed by atoms with Crippen molar-refractivity contribution in [3.63, 3.8) is 0 Å². The lowest BCUT2D eigenvalue weighted by Crippen LogP contribution is -2.42. The summed E-state index contributed by atoms with van der Waals surface area (Å²) in [7, 11) is 1.50. The molecule has 3 amide bonds. The topological polar surface area (TPSA) is 120 Å². The van der Waals surface area contributed by atoms with Crippen molar-refractivity contribution in [2.45, 2.75) is 44.8 Å². The Balaban J connectivity index is 1.96. The van der Waals surface area contributed by atoms with Gasteiger partial charge in [0.05, 0.1) is 11.8 Å². The number of aryl methyl sites for hydroxylation is 1. The number of hydrogen-bond acceptors (Lipinski definition) is 5. The number of hydroxylamine groups is 1. The second kappa shape index (κ2) is 11.4. The van der Waals surface area contributed by atoms with Crippen molar-refractivity contribution in [2.24, 2.45) is 17.6 Å². The van der Waals surface area contributed by atoms with E-state index >= 15 is 0 Å². The van der Waals surface area contributed by atoms with Crippen LogP contribution in [0.3, 0.4) is 0 Å². The molecule has 8 nitrogen and oxygen atoms in total. The predicted octanol–water partition coefficient (Wildman–Crippen LogP) is 1.05. The van der Waals surface area contributed by atoms with Gasteiger partial charge in [0.2, 0.25) is 17.7 Å². The van der Waals surface area contributed by atoms with E-state index in [-0.39, 0.29) is 12.3 Å². The molecule has 0 radical (unpaired) electrons. The Hall–Kier alpha value is -2.45. The van der Waals surface area contributed by atoms with Gasteiger partial charge in [-0.3, -0.25) is 14.4 Å². The molecule has 28 heavy (non-hydrogen) atoms. The average Bonchev–Trinajstić information content (AvgIpc) is 2.72. The number of carbonyl (C=O) groups excluding carboxylic acids is 3. The molecule has 1 aromatic carbocycles. The smallest absolute Gasteiger partial charge is 0.244 e. The number of amides is 3. The molecule has 0 aromatic heterocycles. The standard InChI is InChI=1S/C20H29N3O5/c1-22-20(26)15(11-10-14-7-3-2-4-8-14)16(19(21)25)13-17(24)23-28-18-9-5-6-12-27-18/h2-4,7-8,15-16,18H,5-6,9-13H2,1H3,(H2,21,25)(H,22,26)(H,23,24)/t15-,16?,18?/m0/s1. The van der Waals surface area contributed by atoms with Gasteiger partial charge >= 0.3 is 0 Å². The quantitative estimate of drug-likeness (QED) is 0.515. The van der Waals surface area contributed by atoms with Crippen LogP contribution in [0.25, 0.3) is 0 Å². The van der Waals surface area contributed by atoms with Gasteiger partial charge in [-0.05, 0) is 31.2 Å². The first-order valence-electron chi connectivity index (χ1n) is 9.62. The summed E-state index contributed by atoms with van der Waals surface area (Å²) < 4.78 is 5.38. The number of ether oxygens (including phenoxy) is 1. The molecule has 1 saturated heterocycles. The van der Waals surface area contributed by atoms with E-state index in [1.165, 1.54) is 7.05 Å². The van der Waals surface area contributed by atoms with Crippen LogP contribution in [0.4, 0.5) is 0 Å². The number of hydrogen-bond donors (Lipinski definition) is 3. The summed E-state index contributed by atoms with van der Waals surface area (Å²) in [5.74, 6) is -3.15. The molecule has 8 heteroatoms. The van der Waals surface area contributed by atoms with Gasteiger partial charge in [-0.2, -0.15) is 0 Å². The molecule has 4 N–H and O–H groups in total. The van der Waals surface area contributed by atoms with Gasteiger partial charge in [-0.25, -0.2) is 10.3 Å². The normalized spacial score (nSPS) is 18.7. The fourth-order valence-electron chi connectivity index (χ4n) is 3.29. The minimum Gasteiger partial charge on any atom is -0.369 e. The Bertz CT molecular complexity index is 647. The van der Waals surface area contributed by atoms with E-state index in [2.05, 4.69) is 10.8 Å². The summed E-state index contributed by atoms with van der Waals surface area (Å²) in [4.78, 5) is 41.9. The zero-order chi connectivity index (χ0) is 20.4. The lowest BCUT2D eigenvalue weighted by Gasteiger charge is -2.25. The number of nitrogens with one attached hydrogen (secondary N) is 2. The van der Waals surface area contributed by atoms with Gasteiger partial charge in [0.25, 0.3) is 0 Å². The van der Waals surface area contributed by atoms with Crippen LogP contribution in [0.5, 0.6) is 0 Å². The largest absolute Gasteiger partial charge is 0.369 e. The number of nitrogens with two attached hydrogens (primary N) is 1. The molecule has 0 bridgehead atoms. The highest BCUT2D eigenvalue weighted by Gasteiger charge is 2.33. The van der Waals surface area contributed by atoms with Gasteiger partial charge in [0, 0.05) is 26.5 Å². The molecule has 3 atom stereocenters. The van der Waals surface area contributed by atoms with E-state index in [4.69, 9.17) is 15.3 Å². The lowest BCUT2D eigenvalue weighted by molar-refractivity contribution is -0.201. The van der Waals surface area contributed by atoms with Crippen molar-refractivity contribution < 1.29 is 24.0 Å². The summed E-state index contributed by atoms with van der Waals surface area (Å²) in [6.07, 6.45) is 2.90. The van der Waals surface area contributed by atoms with Crippen LogP contribution in [0, 0.1) is 11.8 Å². The van der Waals surface area contributed by atoms with E-state index in [0.29, 0.717) is 25.9 Å². The van der Waals surface area contributed by atoms with Crippen molar-refractivity contribution in [1.29, 1.82) is 0 Å². The Kier molecular flexibility index (Phi) is 8.90. The average molecular weight is 391 g/mol. The molecule has 1 aliphatic rings. The molecule has 154 valence electrons. The number of primary amides is 1. The van der Waals surface area contributed by atoms with Crippen LogP contribution in [-0.2, 0) is 30.4 Å². The van der Waals surface area contributed by atoms with Crippen LogP contribution in [0.1, 0.15) is 37.7 Å². The monoisotopic (exact) mass is 391 g/mol. The van der Waals surface area contributed by atoms with Crippen LogP contribution in [0.15, 0.2) is 30.3 Å². The van der Waals surface area contributed by atoms with E-state index < -0.39 is 29.9 Å². The molecule has 1 aliphatic heterocycles. The highest BCUT2D eigenvalue weighted by atomic mass is 16.8. The second-order valence-corrected chi connectivity index (χ2v) is 6.90. The SMILES string of the molecule is CNC(=O)[C@@H](CCc1ccccc1)C(CC(=O)NOC1CCCCO1)C(N)=O. The first kappa shape index (κ1) is 21.8. The summed E-state index contributed by atoms with van der Waals surface area (Å²) in [6.45, 7) is 0.586. The maximum absolute atomic E-state index is 12.4. The summed E-state index contributed by atoms with van der Waals surface area (Å²) in [5, 5.41) is 2.56. The lowest BCUT2D eigenvalue weighted by atomic mass is 9.83. The van der Waals surface area contributed by atoms with Gasteiger partial charge in [-0.15, -0.1) is 0 Å². The van der Waals surface area contributed by atoms with Crippen LogP contribution in [0.2, 0.25) is 0 Å². The second-order valence-electron chi connectivity index (χ2n) is 6.90. The van der Waals surface area contributed by atoms with Crippen LogP contribution < -0.4 is 16.5 Å². The molecular weight excluding hydrogens is 362 g/mol. The number of benzene rings is 1. The highest BCUT2D eigenvalue weighted by Crippen LogP contribution is 2.23. The highest BCUT2D eigenvalue weighted by molar-refractivity contribution is 5.90. The third-order valence-corrected chi connectivity index (χ3v) is 4.87. The molecule has 2 unspecified atom stereocenters. The predicted molar refractivity (Wildman–Crippen MR) is 102 cm³/mol. The van der Waals surface area contributed by atoms with Crippen molar-refractivity contribution in [3.05, 3.63) is 35.9 Å². The molecule has 0 aliphatic carbocycles. The zero-order valence-electron chi connectivity index (χ0n) is 16.2. The van der Waals surface area contributed by atoms with Crippen molar-refractivity contribution in [2.75, 3.05) is 13.7 Å². The molecule has 1 fully saturated rings. The first-order chi connectivity index (χ1) is 13.5. The van der Waals surface area contributed by atoms with Crippen molar-refractivity contribution in [1.82, 2.24) is 10.8 Å². The van der Waals surface area contributed by atoms with Crippen molar-refractivity contribution in [3.8, 4) is 0 Å². The molecule has 0 spiro atoms. The van der Waals surface area contributed by atoms with E-state index in [9.17, 15) is 14.4 Å². The fourth-order valence-corrected chi connectivity index (χ4v) is 3.29. The minimum absolute atomic E-state index is 0.227. The Morgan fingerprint density at radius 3 is 2.57 bits per heavy atom.